The predicted octanol–water partition coefficient (Wildman–Crippen LogP) is 1.85. The second-order valence-corrected chi connectivity index (χ2v) is 3.10. The Kier molecular flexibility index (Phi) is 3.69. The Hall–Kier alpha value is -1.54. The molecule has 0 saturated heterocycles. The summed E-state index contributed by atoms with van der Waals surface area (Å²) in [6, 6.07) is 1.93. The average Bonchev–Trinajstić information content (AvgIpc) is 2.20. The minimum atomic E-state index is -2.60. The third-order valence-corrected chi connectivity index (χ3v) is 2.24. The van der Waals surface area contributed by atoms with Gasteiger partial charge in [0.25, 0.3) is 6.43 Å². The van der Waals surface area contributed by atoms with Crippen LogP contribution in [0.4, 0.5) is 8.78 Å². The van der Waals surface area contributed by atoms with E-state index in [1.54, 1.807) is 6.92 Å². The number of hydrogen-bond acceptors (Lipinski definition) is 3. The van der Waals surface area contributed by atoms with Crippen LogP contribution in [0.5, 0.6) is 0 Å². The topological polar surface area (TPSA) is 62.7 Å². The quantitative estimate of drug-likeness (QED) is 0.829. The maximum absolute atomic E-state index is 12.6. The minimum Gasteiger partial charge on any atom is -0.326 e. The van der Waals surface area contributed by atoms with Gasteiger partial charge in [-0.25, -0.2) is 8.78 Å². The number of pyridine rings is 1. The molecule has 0 spiro atoms. The van der Waals surface area contributed by atoms with Gasteiger partial charge in [0, 0.05) is 24.0 Å². The van der Waals surface area contributed by atoms with Gasteiger partial charge < -0.3 is 5.73 Å². The standard InChI is InChI=1S/C10H11F2N3/c1-6-7(2-3-13)8(4-14)9(5-15-6)10(11)12/h5,10H,2,4,14H2,1H3. The molecule has 2 N–H and O–H groups in total. The molecule has 0 unspecified atom stereocenters. The highest BCUT2D eigenvalue weighted by atomic mass is 19.3. The van der Waals surface area contributed by atoms with E-state index >= 15 is 0 Å². The lowest BCUT2D eigenvalue weighted by atomic mass is 9.99. The molecule has 0 saturated carbocycles. The zero-order chi connectivity index (χ0) is 11.4. The summed E-state index contributed by atoms with van der Waals surface area (Å²) >= 11 is 0. The van der Waals surface area contributed by atoms with Crippen LogP contribution in [0, 0.1) is 18.3 Å². The third kappa shape index (κ3) is 2.28. The Morgan fingerprint density at radius 3 is 2.67 bits per heavy atom. The second kappa shape index (κ2) is 4.80. The Balaban J connectivity index is 3.34. The highest BCUT2D eigenvalue weighted by Gasteiger charge is 2.17. The van der Waals surface area contributed by atoms with Gasteiger partial charge in [0.05, 0.1) is 12.5 Å². The molecule has 0 atom stereocenters. The monoisotopic (exact) mass is 211 g/mol. The number of alkyl halides is 2. The first-order valence-corrected chi connectivity index (χ1v) is 4.44. The van der Waals surface area contributed by atoms with Crippen LogP contribution in [0.3, 0.4) is 0 Å². The van der Waals surface area contributed by atoms with Gasteiger partial charge >= 0.3 is 0 Å². The zero-order valence-corrected chi connectivity index (χ0v) is 8.30. The molecule has 5 heteroatoms. The molecule has 15 heavy (non-hydrogen) atoms. The van der Waals surface area contributed by atoms with Crippen molar-refractivity contribution < 1.29 is 8.78 Å². The smallest absolute Gasteiger partial charge is 0.265 e. The Morgan fingerprint density at radius 1 is 1.53 bits per heavy atom. The highest BCUT2D eigenvalue weighted by Crippen LogP contribution is 2.26. The number of aryl methyl sites for hydroxylation is 1. The lowest BCUT2D eigenvalue weighted by molar-refractivity contribution is 0.149. The highest BCUT2D eigenvalue weighted by molar-refractivity contribution is 5.38. The first-order valence-electron chi connectivity index (χ1n) is 4.44. The average molecular weight is 211 g/mol. The number of nitriles is 1. The molecule has 3 nitrogen and oxygen atoms in total. The van der Waals surface area contributed by atoms with Gasteiger partial charge in [0.15, 0.2) is 0 Å². The van der Waals surface area contributed by atoms with Crippen molar-refractivity contribution in [3.05, 3.63) is 28.6 Å². The van der Waals surface area contributed by atoms with E-state index in [1.165, 1.54) is 0 Å². The number of hydrogen-bond donors (Lipinski definition) is 1. The number of rotatable bonds is 3. The fourth-order valence-corrected chi connectivity index (χ4v) is 1.46. The fourth-order valence-electron chi connectivity index (χ4n) is 1.46. The van der Waals surface area contributed by atoms with Gasteiger partial charge in [-0.05, 0) is 18.1 Å². The van der Waals surface area contributed by atoms with Crippen LogP contribution in [-0.2, 0) is 13.0 Å². The molecule has 1 aromatic rings. The van der Waals surface area contributed by atoms with Crippen molar-refractivity contribution in [2.45, 2.75) is 26.3 Å². The van der Waals surface area contributed by atoms with Crippen LogP contribution >= 0.6 is 0 Å². The molecule has 0 radical (unpaired) electrons. The zero-order valence-electron chi connectivity index (χ0n) is 8.30. The molecule has 1 heterocycles. The lowest BCUT2D eigenvalue weighted by Gasteiger charge is -2.12. The molecule has 0 amide bonds. The maximum Gasteiger partial charge on any atom is 0.265 e. The van der Waals surface area contributed by atoms with Gasteiger partial charge in [0.1, 0.15) is 0 Å². The summed E-state index contributed by atoms with van der Waals surface area (Å²) in [7, 11) is 0. The fraction of sp³-hybridized carbons (Fsp3) is 0.400. The van der Waals surface area contributed by atoms with E-state index in [9.17, 15) is 8.78 Å². The van der Waals surface area contributed by atoms with E-state index in [2.05, 4.69) is 4.98 Å². The molecule has 0 aliphatic carbocycles. The minimum absolute atomic E-state index is 0.0000463. The third-order valence-electron chi connectivity index (χ3n) is 2.24. The second-order valence-electron chi connectivity index (χ2n) is 3.10. The van der Waals surface area contributed by atoms with E-state index in [4.69, 9.17) is 11.0 Å². The van der Waals surface area contributed by atoms with E-state index in [-0.39, 0.29) is 18.5 Å². The molecule has 80 valence electrons. The van der Waals surface area contributed by atoms with Gasteiger partial charge in [-0.3, -0.25) is 4.98 Å². The van der Waals surface area contributed by atoms with Crippen LogP contribution in [0.25, 0.3) is 0 Å². The Morgan fingerprint density at radius 2 is 2.20 bits per heavy atom. The molecule has 0 bridgehead atoms. The van der Waals surface area contributed by atoms with Crippen molar-refractivity contribution in [3.8, 4) is 6.07 Å². The summed E-state index contributed by atoms with van der Waals surface area (Å²) in [4.78, 5) is 3.84. The van der Waals surface area contributed by atoms with Crippen LogP contribution in [0.15, 0.2) is 6.20 Å². The Labute approximate surface area is 86.5 Å². The molecular formula is C10H11F2N3. The Bertz CT molecular complexity index is 396. The molecular weight excluding hydrogens is 200 g/mol. The van der Waals surface area contributed by atoms with Crippen LogP contribution < -0.4 is 5.73 Å². The van der Waals surface area contributed by atoms with Crippen molar-refractivity contribution in [1.82, 2.24) is 4.98 Å². The van der Waals surface area contributed by atoms with Gasteiger partial charge in [-0.15, -0.1) is 0 Å². The van der Waals surface area contributed by atoms with Crippen LogP contribution in [-0.4, -0.2) is 4.98 Å². The van der Waals surface area contributed by atoms with E-state index in [1.807, 2.05) is 6.07 Å². The first-order chi connectivity index (χ1) is 7.11. The summed E-state index contributed by atoms with van der Waals surface area (Å²) in [5.74, 6) is 0. The van der Waals surface area contributed by atoms with Gasteiger partial charge in [-0.1, -0.05) is 0 Å². The van der Waals surface area contributed by atoms with Gasteiger partial charge in [-0.2, -0.15) is 5.26 Å². The van der Waals surface area contributed by atoms with Crippen molar-refractivity contribution in [3.63, 3.8) is 0 Å². The molecule has 0 fully saturated rings. The molecule has 1 aromatic heterocycles. The van der Waals surface area contributed by atoms with E-state index in [0.717, 1.165) is 6.20 Å². The maximum atomic E-state index is 12.6. The van der Waals surface area contributed by atoms with Gasteiger partial charge in [0.2, 0.25) is 0 Å². The van der Waals surface area contributed by atoms with Crippen molar-refractivity contribution in [1.29, 1.82) is 5.26 Å². The number of aromatic nitrogens is 1. The molecule has 0 aromatic carbocycles. The van der Waals surface area contributed by atoms with E-state index < -0.39 is 6.43 Å². The number of nitrogens with zero attached hydrogens (tertiary/aromatic N) is 2. The van der Waals surface area contributed by atoms with E-state index in [0.29, 0.717) is 16.8 Å². The lowest BCUT2D eigenvalue weighted by Crippen LogP contribution is -2.09. The summed E-state index contributed by atoms with van der Waals surface area (Å²) in [5, 5.41) is 8.59. The van der Waals surface area contributed by atoms with Crippen LogP contribution in [0.1, 0.15) is 28.8 Å². The predicted molar refractivity (Wildman–Crippen MR) is 51.1 cm³/mol. The summed E-state index contributed by atoms with van der Waals surface area (Å²) in [6.45, 7) is 1.68. The molecule has 1 rings (SSSR count). The number of nitrogens with two attached hydrogens (primary N) is 1. The SMILES string of the molecule is Cc1ncc(C(F)F)c(CN)c1CC#N. The number of halogens is 2. The largest absolute Gasteiger partial charge is 0.326 e. The molecule has 0 aliphatic heterocycles. The van der Waals surface area contributed by atoms with Crippen molar-refractivity contribution in [2.24, 2.45) is 5.73 Å². The van der Waals surface area contributed by atoms with Crippen molar-refractivity contribution in [2.75, 3.05) is 0 Å². The normalized spacial score (nSPS) is 10.4. The summed E-state index contributed by atoms with van der Waals surface area (Å²) in [6.07, 6.45) is -1.41. The summed E-state index contributed by atoms with van der Waals surface area (Å²) < 4.78 is 25.2. The molecule has 0 aliphatic rings. The van der Waals surface area contributed by atoms with Crippen molar-refractivity contribution >= 4 is 0 Å². The van der Waals surface area contributed by atoms with Crippen LogP contribution in [0.2, 0.25) is 0 Å². The summed E-state index contributed by atoms with van der Waals surface area (Å²) in [5.41, 5.74) is 6.70. The first kappa shape index (κ1) is 11.5.